The van der Waals surface area contributed by atoms with Gasteiger partial charge in [-0.25, -0.2) is 0 Å². The fourth-order valence-electron chi connectivity index (χ4n) is 4.21. The second kappa shape index (κ2) is 8.65. The van der Waals surface area contributed by atoms with Crippen molar-refractivity contribution in [1.29, 1.82) is 0 Å². The van der Waals surface area contributed by atoms with Crippen LogP contribution in [0.5, 0.6) is 11.5 Å². The highest BCUT2D eigenvalue weighted by Crippen LogP contribution is 2.41. The minimum atomic E-state index is -0.515. The zero-order valence-corrected chi connectivity index (χ0v) is 17.0. The first-order chi connectivity index (χ1) is 13.5. The van der Waals surface area contributed by atoms with E-state index in [2.05, 4.69) is 11.4 Å². The topological polar surface area (TPSA) is 73.6 Å². The Morgan fingerprint density at radius 1 is 1.07 bits per heavy atom. The summed E-state index contributed by atoms with van der Waals surface area (Å²) in [6.45, 7) is 0. The zero-order valence-electron chi connectivity index (χ0n) is 17.0. The minimum absolute atomic E-state index is 0.209. The van der Waals surface area contributed by atoms with E-state index >= 15 is 0 Å². The first kappa shape index (κ1) is 20.2. The molecule has 5 nitrogen and oxygen atoms in total. The van der Waals surface area contributed by atoms with Gasteiger partial charge in [0.05, 0.1) is 19.6 Å². The molecule has 5 heteroatoms. The predicted molar refractivity (Wildman–Crippen MR) is 112 cm³/mol. The second-order valence-corrected chi connectivity index (χ2v) is 7.64. The maximum Gasteiger partial charge on any atom is 0.223 e. The fraction of sp³-hybridized carbons (Fsp3) is 0.435. The highest BCUT2D eigenvalue weighted by Gasteiger charge is 2.40. The molecule has 0 saturated heterocycles. The molecule has 1 amide bonds. The molecule has 0 atom stereocenters. The first-order valence-corrected chi connectivity index (χ1v) is 9.80. The zero-order chi connectivity index (χ0) is 20.1. The number of benzene rings is 2. The van der Waals surface area contributed by atoms with E-state index in [4.69, 9.17) is 15.2 Å². The summed E-state index contributed by atoms with van der Waals surface area (Å²) in [4.78, 5) is 12.4. The van der Waals surface area contributed by atoms with Gasteiger partial charge in [-0.3, -0.25) is 4.79 Å². The Morgan fingerprint density at radius 3 is 2.25 bits per heavy atom. The van der Waals surface area contributed by atoms with Crippen LogP contribution in [-0.4, -0.2) is 33.2 Å². The number of hydrogen-bond donors (Lipinski definition) is 2. The Labute approximate surface area is 167 Å². The molecule has 0 aromatic heterocycles. The summed E-state index contributed by atoms with van der Waals surface area (Å²) in [5.41, 5.74) is 8.59. The van der Waals surface area contributed by atoms with Crippen molar-refractivity contribution in [3.63, 3.8) is 0 Å². The lowest BCUT2D eigenvalue weighted by Gasteiger charge is -2.38. The summed E-state index contributed by atoms with van der Waals surface area (Å²) in [5, 5.41) is 3.32. The third kappa shape index (κ3) is 4.14. The normalized spacial score (nSPS) is 21.9. The van der Waals surface area contributed by atoms with Crippen molar-refractivity contribution >= 4 is 5.91 Å². The summed E-state index contributed by atoms with van der Waals surface area (Å²) in [6.07, 6.45) is 4.11. The van der Waals surface area contributed by atoms with Crippen molar-refractivity contribution in [2.24, 2.45) is 11.1 Å². The Balaban J connectivity index is 1.91. The van der Waals surface area contributed by atoms with Gasteiger partial charge < -0.3 is 20.5 Å². The summed E-state index contributed by atoms with van der Waals surface area (Å²) in [6, 6.07) is 14.6. The number of ether oxygens (including phenoxy) is 2. The molecule has 0 radical (unpaired) electrons. The summed E-state index contributed by atoms with van der Waals surface area (Å²) >= 11 is 0. The average molecular weight is 383 g/mol. The molecule has 0 spiro atoms. The van der Waals surface area contributed by atoms with Crippen molar-refractivity contribution in [2.45, 2.75) is 38.1 Å². The Hall–Kier alpha value is -2.53. The standard InChI is InChI=1S/C23H30N2O3/c1-25-19-10-12-23(13-11-19,22(24)26)15-18-14-17(6-9-21(18)28-3)16-4-7-20(27-2)8-5-16/h4-9,14,19,25H,10-13,15H2,1-3H3,(H2,24,26). The first-order valence-electron chi connectivity index (χ1n) is 9.80. The maximum atomic E-state index is 12.4. The molecule has 0 aliphatic heterocycles. The third-order valence-electron chi connectivity index (χ3n) is 6.11. The van der Waals surface area contributed by atoms with Gasteiger partial charge in [-0.05, 0) is 80.1 Å². The molecule has 0 unspecified atom stereocenters. The number of hydrogen-bond acceptors (Lipinski definition) is 4. The Morgan fingerprint density at radius 2 is 1.71 bits per heavy atom. The largest absolute Gasteiger partial charge is 0.497 e. The molecular formula is C23H30N2O3. The molecule has 0 bridgehead atoms. The molecule has 1 aliphatic rings. The number of rotatable bonds is 7. The van der Waals surface area contributed by atoms with Gasteiger partial charge in [0.2, 0.25) is 5.91 Å². The maximum absolute atomic E-state index is 12.4. The van der Waals surface area contributed by atoms with Crippen LogP contribution in [0.2, 0.25) is 0 Å². The smallest absolute Gasteiger partial charge is 0.223 e. The summed E-state index contributed by atoms with van der Waals surface area (Å²) in [7, 11) is 5.30. The van der Waals surface area contributed by atoms with Gasteiger partial charge in [-0.1, -0.05) is 18.2 Å². The average Bonchev–Trinajstić information content (AvgIpc) is 2.74. The minimum Gasteiger partial charge on any atom is -0.497 e. The van der Waals surface area contributed by atoms with Crippen molar-refractivity contribution < 1.29 is 14.3 Å². The molecule has 1 saturated carbocycles. The van der Waals surface area contributed by atoms with Crippen LogP contribution in [0.1, 0.15) is 31.2 Å². The molecule has 28 heavy (non-hydrogen) atoms. The van der Waals surface area contributed by atoms with Gasteiger partial charge in [0, 0.05) is 6.04 Å². The molecule has 2 aromatic carbocycles. The monoisotopic (exact) mass is 382 g/mol. The highest BCUT2D eigenvalue weighted by atomic mass is 16.5. The molecule has 1 aliphatic carbocycles. The van der Waals surface area contributed by atoms with Crippen LogP contribution in [0, 0.1) is 5.41 Å². The van der Waals surface area contributed by atoms with E-state index in [-0.39, 0.29) is 5.91 Å². The number of amides is 1. The lowest BCUT2D eigenvalue weighted by atomic mass is 9.68. The summed E-state index contributed by atoms with van der Waals surface area (Å²) < 4.78 is 10.8. The number of nitrogens with two attached hydrogens (primary N) is 1. The third-order valence-corrected chi connectivity index (χ3v) is 6.11. The van der Waals surface area contributed by atoms with E-state index in [1.54, 1.807) is 14.2 Å². The molecule has 150 valence electrons. The van der Waals surface area contributed by atoms with Crippen LogP contribution in [0.4, 0.5) is 0 Å². The quantitative estimate of drug-likeness (QED) is 0.768. The fourth-order valence-corrected chi connectivity index (χ4v) is 4.21. The number of methoxy groups -OCH3 is 2. The molecule has 3 N–H and O–H groups in total. The van der Waals surface area contributed by atoms with Crippen molar-refractivity contribution in [1.82, 2.24) is 5.32 Å². The predicted octanol–water partition coefficient (Wildman–Crippen LogP) is 3.55. The molecule has 1 fully saturated rings. The van der Waals surface area contributed by atoms with Crippen LogP contribution < -0.4 is 20.5 Å². The number of carbonyl (C=O) groups is 1. The van der Waals surface area contributed by atoms with Crippen molar-refractivity contribution in [3.8, 4) is 22.6 Å². The van der Waals surface area contributed by atoms with Crippen LogP contribution in [-0.2, 0) is 11.2 Å². The number of nitrogens with one attached hydrogen (secondary N) is 1. The van der Waals surface area contributed by atoms with Crippen LogP contribution in [0.25, 0.3) is 11.1 Å². The van der Waals surface area contributed by atoms with Gasteiger partial charge in [-0.15, -0.1) is 0 Å². The highest BCUT2D eigenvalue weighted by molar-refractivity contribution is 5.81. The van der Waals surface area contributed by atoms with Crippen molar-refractivity contribution in [3.05, 3.63) is 48.0 Å². The number of primary amides is 1. The Kier molecular flexibility index (Phi) is 6.25. The van der Waals surface area contributed by atoms with E-state index in [0.29, 0.717) is 12.5 Å². The van der Waals surface area contributed by atoms with Crippen LogP contribution >= 0.6 is 0 Å². The van der Waals surface area contributed by atoms with E-state index in [0.717, 1.165) is 53.9 Å². The Bertz CT molecular complexity index is 809. The van der Waals surface area contributed by atoms with Crippen molar-refractivity contribution in [2.75, 3.05) is 21.3 Å². The van der Waals surface area contributed by atoms with Gasteiger partial charge in [0.15, 0.2) is 0 Å². The molecule has 2 aromatic rings. The molecule has 3 rings (SSSR count). The van der Waals surface area contributed by atoms with Gasteiger partial charge in [0.25, 0.3) is 0 Å². The second-order valence-electron chi connectivity index (χ2n) is 7.64. The van der Waals surface area contributed by atoms with Gasteiger partial charge >= 0.3 is 0 Å². The van der Waals surface area contributed by atoms with Gasteiger partial charge in [-0.2, -0.15) is 0 Å². The summed E-state index contributed by atoms with van der Waals surface area (Å²) in [5.74, 6) is 1.42. The van der Waals surface area contributed by atoms with E-state index in [9.17, 15) is 4.79 Å². The lowest BCUT2D eigenvalue weighted by molar-refractivity contribution is -0.129. The number of carbonyl (C=O) groups excluding carboxylic acids is 1. The molecular weight excluding hydrogens is 352 g/mol. The van der Waals surface area contributed by atoms with Gasteiger partial charge in [0.1, 0.15) is 11.5 Å². The lowest BCUT2D eigenvalue weighted by Crippen LogP contribution is -2.45. The molecule has 0 heterocycles. The van der Waals surface area contributed by atoms with E-state index < -0.39 is 5.41 Å². The van der Waals surface area contributed by atoms with E-state index in [1.807, 2.05) is 43.4 Å². The van der Waals surface area contributed by atoms with Crippen LogP contribution in [0.3, 0.4) is 0 Å². The van der Waals surface area contributed by atoms with Crippen LogP contribution in [0.15, 0.2) is 42.5 Å². The SMILES string of the molecule is CNC1CCC(Cc2cc(-c3ccc(OC)cc3)ccc2OC)(C(N)=O)CC1. The van der Waals surface area contributed by atoms with E-state index in [1.165, 1.54) is 0 Å².